The van der Waals surface area contributed by atoms with Crippen LogP contribution in [0.4, 0.5) is 0 Å². The number of carbonyl (C=O) groups excluding carboxylic acids is 3. The molecule has 3 atom stereocenters. The highest BCUT2D eigenvalue weighted by Gasteiger charge is 2.39. The fraction of sp³-hybridized carbons (Fsp3) is 0.571. The molecule has 3 amide bonds. The highest BCUT2D eigenvalue weighted by atomic mass is 16.5. The lowest BCUT2D eigenvalue weighted by Gasteiger charge is -2.44. The number of imide groups is 1. The Kier molecular flexibility index (Phi) is 4.85. The van der Waals surface area contributed by atoms with Gasteiger partial charge in [-0.25, -0.2) is 0 Å². The minimum atomic E-state index is -0.565. The van der Waals surface area contributed by atoms with Gasteiger partial charge in [0.15, 0.2) is 0 Å². The highest BCUT2D eigenvalue weighted by molar-refractivity contribution is 6.05. The molecule has 1 unspecified atom stereocenters. The third-order valence-electron chi connectivity index (χ3n) is 6.54. The largest absolute Gasteiger partial charge is 0.375 e. The number of nitrogens with one attached hydrogen (secondary N) is 2. The number of benzene rings is 1. The number of carbonyl (C=O) groups is 3. The van der Waals surface area contributed by atoms with Crippen LogP contribution in [-0.4, -0.2) is 72.0 Å². The zero-order valence-electron chi connectivity index (χ0n) is 16.4. The summed E-state index contributed by atoms with van der Waals surface area (Å²) in [5.74, 6) is -0.755. The number of fused-ring (bicyclic) bond motifs is 2. The van der Waals surface area contributed by atoms with Crippen LogP contribution in [-0.2, 0) is 27.4 Å². The van der Waals surface area contributed by atoms with E-state index in [4.69, 9.17) is 4.74 Å². The third-order valence-corrected chi connectivity index (χ3v) is 6.54. The van der Waals surface area contributed by atoms with Crippen molar-refractivity contribution < 1.29 is 19.1 Å². The van der Waals surface area contributed by atoms with Gasteiger partial charge in [-0.3, -0.25) is 24.6 Å². The Morgan fingerprint density at radius 2 is 2.07 bits per heavy atom. The van der Waals surface area contributed by atoms with Gasteiger partial charge in [0.1, 0.15) is 6.04 Å². The molecule has 5 rings (SSSR count). The van der Waals surface area contributed by atoms with Crippen molar-refractivity contribution in [2.75, 3.05) is 26.2 Å². The molecule has 2 N–H and O–H groups in total. The van der Waals surface area contributed by atoms with Crippen LogP contribution < -0.4 is 10.6 Å². The lowest BCUT2D eigenvalue weighted by molar-refractivity contribution is -0.136. The minimum absolute atomic E-state index is 0.121. The average Bonchev–Trinajstić information content (AvgIpc) is 3.04. The van der Waals surface area contributed by atoms with Crippen LogP contribution in [0.2, 0.25) is 0 Å². The Hall–Kier alpha value is -2.29. The molecule has 29 heavy (non-hydrogen) atoms. The van der Waals surface area contributed by atoms with Gasteiger partial charge in [0.25, 0.3) is 5.91 Å². The number of nitrogens with zero attached hydrogens (tertiary/aromatic N) is 2. The average molecular weight is 398 g/mol. The van der Waals surface area contributed by atoms with E-state index in [1.54, 1.807) is 4.90 Å². The molecule has 4 aliphatic heterocycles. The molecular weight excluding hydrogens is 372 g/mol. The van der Waals surface area contributed by atoms with E-state index >= 15 is 0 Å². The van der Waals surface area contributed by atoms with E-state index in [0.717, 1.165) is 44.8 Å². The lowest BCUT2D eigenvalue weighted by Crippen LogP contribution is -2.58. The van der Waals surface area contributed by atoms with E-state index in [1.807, 2.05) is 12.1 Å². The quantitative estimate of drug-likeness (QED) is 0.697. The Balaban J connectivity index is 1.31. The predicted octanol–water partition coefficient (Wildman–Crippen LogP) is 0.0103. The van der Waals surface area contributed by atoms with Crippen molar-refractivity contribution >= 4 is 17.7 Å². The summed E-state index contributed by atoms with van der Waals surface area (Å²) in [7, 11) is 0. The molecule has 0 spiro atoms. The normalized spacial score (nSPS) is 30.1. The van der Waals surface area contributed by atoms with Crippen molar-refractivity contribution in [1.29, 1.82) is 0 Å². The molecule has 8 nitrogen and oxygen atoms in total. The first kappa shape index (κ1) is 18.7. The Bertz CT molecular complexity index is 855. The number of morpholine rings is 1. The predicted molar refractivity (Wildman–Crippen MR) is 104 cm³/mol. The van der Waals surface area contributed by atoms with Crippen LogP contribution in [0.3, 0.4) is 0 Å². The first-order valence-electron chi connectivity index (χ1n) is 10.4. The van der Waals surface area contributed by atoms with E-state index in [9.17, 15) is 14.4 Å². The zero-order chi connectivity index (χ0) is 20.0. The van der Waals surface area contributed by atoms with E-state index < -0.39 is 6.04 Å². The number of piperidine rings is 2. The summed E-state index contributed by atoms with van der Waals surface area (Å²) < 4.78 is 5.94. The van der Waals surface area contributed by atoms with E-state index in [2.05, 4.69) is 21.6 Å². The smallest absolute Gasteiger partial charge is 0.255 e. The van der Waals surface area contributed by atoms with E-state index in [1.165, 1.54) is 5.56 Å². The molecular formula is C21H26N4O4. The number of rotatable bonds is 3. The van der Waals surface area contributed by atoms with Crippen molar-refractivity contribution in [2.45, 2.75) is 50.5 Å². The summed E-state index contributed by atoms with van der Waals surface area (Å²) in [6.45, 7) is 4.86. The standard InChI is InChI=1S/C21H26N4O4/c26-19-4-3-16(20(27)23-19)25-12-14-9-13(1-2-15(14)21(25)28)11-24-7-8-29-18-5-6-22-10-17(18)24/h1-2,9,16-18,22H,3-8,10-12H2,(H,23,26,27)/t16?,17-,18+/m1/s1. The van der Waals surface area contributed by atoms with Crippen molar-refractivity contribution in [2.24, 2.45) is 0 Å². The van der Waals surface area contributed by atoms with Crippen LogP contribution in [0.15, 0.2) is 18.2 Å². The lowest BCUT2D eigenvalue weighted by atomic mass is 9.99. The van der Waals surface area contributed by atoms with Gasteiger partial charge < -0.3 is 15.0 Å². The van der Waals surface area contributed by atoms with Crippen LogP contribution >= 0.6 is 0 Å². The number of amides is 3. The molecule has 0 bridgehead atoms. The first-order chi connectivity index (χ1) is 14.1. The molecule has 8 heteroatoms. The minimum Gasteiger partial charge on any atom is -0.375 e. The maximum absolute atomic E-state index is 12.8. The molecule has 0 radical (unpaired) electrons. The number of ether oxygens (including phenoxy) is 1. The fourth-order valence-electron chi connectivity index (χ4n) is 5.02. The van der Waals surface area contributed by atoms with Crippen molar-refractivity contribution in [3.05, 3.63) is 34.9 Å². The molecule has 0 saturated carbocycles. The maximum Gasteiger partial charge on any atom is 0.255 e. The molecule has 3 saturated heterocycles. The molecule has 0 aliphatic carbocycles. The van der Waals surface area contributed by atoms with Gasteiger partial charge in [-0.2, -0.15) is 0 Å². The van der Waals surface area contributed by atoms with Gasteiger partial charge in [0, 0.05) is 44.2 Å². The van der Waals surface area contributed by atoms with Gasteiger partial charge >= 0.3 is 0 Å². The second-order valence-corrected chi connectivity index (χ2v) is 8.33. The number of hydrogen-bond acceptors (Lipinski definition) is 6. The van der Waals surface area contributed by atoms with Crippen LogP contribution in [0.1, 0.15) is 40.7 Å². The first-order valence-corrected chi connectivity index (χ1v) is 10.4. The molecule has 3 fully saturated rings. The van der Waals surface area contributed by atoms with E-state index in [-0.39, 0.29) is 24.1 Å². The second-order valence-electron chi connectivity index (χ2n) is 8.33. The molecule has 1 aromatic rings. The third kappa shape index (κ3) is 3.45. The summed E-state index contributed by atoms with van der Waals surface area (Å²) in [5, 5.41) is 5.81. The topological polar surface area (TPSA) is 91.0 Å². The van der Waals surface area contributed by atoms with Crippen LogP contribution in [0.5, 0.6) is 0 Å². The van der Waals surface area contributed by atoms with Gasteiger partial charge in [-0.05, 0) is 36.6 Å². The van der Waals surface area contributed by atoms with Gasteiger partial charge in [0.05, 0.1) is 12.7 Å². The van der Waals surface area contributed by atoms with E-state index in [0.29, 0.717) is 30.7 Å². The Labute approximate surface area is 169 Å². The van der Waals surface area contributed by atoms with Crippen LogP contribution in [0.25, 0.3) is 0 Å². The van der Waals surface area contributed by atoms with Crippen molar-refractivity contribution in [3.8, 4) is 0 Å². The van der Waals surface area contributed by atoms with Gasteiger partial charge in [0.2, 0.25) is 11.8 Å². The van der Waals surface area contributed by atoms with Crippen LogP contribution in [0, 0.1) is 0 Å². The summed E-state index contributed by atoms with van der Waals surface area (Å²) in [4.78, 5) is 40.5. The molecule has 4 aliphatic rings. The van der Waals surface area contributed by atoms with Gasteiger partial charge in [-0.1, -0.05) is 12.1 Å². The summed E-state index contributed by atoms with van der Waals surface area (Å²) in [6.07, 6.45) is 2.00. The SMILES string of the molecule is O=C1CCC(N2Cc3cc(CN4CCO[C@H]5CCNC[C@H]54)ccc3C2=O)C(=O)N1. The zero-order valence-corrected chi connectivity index (χ0v) is 16.4. The van der Waals surface area contributed by atoms with Crippen molar-refractivity contribution in [1.82, 2.24) is 20.4 Å². The Morgan fingerprint density at radius 3 is 2.93 bits per heavy atom. The summed E-state index contributed by atoms with van der Waals surface area (Å²) in [5.41, 5.74) is 2.80. The summed E-state index contributed by atoms with van der Waals surface area (Å²) in [6, 6.07) is 5.82. The Morgan fingerprint density at radius 1 is 1.17 bits per heavy atom. The molecule has 4 heterocycles. The van der Waals surface area contributed by atoms with Crippen molar-refractivity contribution in [3.63, 3.8) is 0 Å². The highest BCUT2D eigenvalue weighted by Crippen LogP contribution is 2.29. The second kappa shape index (κ2) is 7.51. The molecule has 154 valence electrons. The molecule has 0 aromatic heterocycles. The van der Waals surface area contributed by atoms with Gasteiger partial charge in [-0.15, -0.1) is 0 Å². The monoisotopic (exact) mass is 398 g/mol. The maximum atomic E-state index is 12.8. The number of hydrogen-bond donors (Lipinski definition) is 2. The molecule has 1 aromatic carbocycles. The fourth-order valence-corrected chi connectivity index (χ4v) is 5.02. The summed E-state index contributed by atoms with van der Waals surface area (Å²) >= 11 is 0.